The van der Waals surface area contributed by atoms with E-state index < -0.39 is 89.6 Å². The Hall–Kier alpha value is -5.17. The van der Waals surface area contributed by atoms with Crippen LogP contribution in [0.2, 0.25) is 0 Å². The predicted octanol–water partition coefficient (Wildman–Crippen LogP) is 5.13. The molecule has 0 spiro atoms. The molecule has 3 aromatic rings. The number of carbonyl (C=O) groups is 3. The number of halogens is 4. The summed E-state index contributed by atoms with van der Waals surface area (Å²) in [6.07, 6.45) is -0.992. The summed E-state index contributed by atoms with van der Waals surface area (Å²) in [4.78, 5) is 48.4. The smallest absolute Gasteiger partial charge is 0.252 e. The molecule has 0 aromatic heterocycles. The zero-order valence-corrected chi connectivity index (χ0v) is 35.1. The Balaban J connectivity index is 1.30. The molecule has 1 saturated heterocycles. The second-order valence-electron chi connectivity index (χ2n) is 17.2. The number of methoxy groups -OCH3 is 1. The maximum Gasteiger partial charge on any atom is 0.252 e. The molecule has 4 aliphatic rings. The maximum absolute atomic E-state index is 14.8. The highest BCUT2D eigenvalue weighted by Crippen LogP contribution is 2.61. The third kappa shape index (κ3) is 8.42. The van der Waals surface area contributed by atoms with Gasteiger partial charge in [0.1, 0.15) is 23.9 Å². The lowest BCUT2D eigenvalue weighted by molar-refractivity contribution is -0.183. The summed E-state index contributed by atoms with van der Waals surface area (Å²) in [5, 5.41) is 30.8. The number of carbonyl (C=O) groups excluding carboxylic acids is 3. The van der Waals surface area contributed by atoms with Gasteiger partial charge in [0.2, 0.25) is 11.8 Å². The predicted molar refractivity (Wildman–Crippen MR) is 216 cm³/mol. The highest BCUT2D eigenvalue weighted by Gasteiger charge is 2.57. The van der Waals surface area contributed by atoms with Crippen molar-refractivity contribution < 1.29 is 51.7 Å². The highest BCUT2D eigenvalue weighted by atomic mass is 19.2. The van der Waals surface area contributed by atoms with Gasteiger partial charge in [-0.3, -0.25) is 19.2 Å². The molecule has 3 aliphatic carbocycles. The molecule has 1 heterocycles. The molecule has 2 bridgehead atoms. The molecule has 3 amide bonds. The molecular formula is C43H53F4N7O7. The number of hydroxylamine groups is 2. The first kappa shape index (κ1) is 45.4. The van der Waals surface area contributed by atoms with Gasteiger partial charge in [-0.1, -0.05) is 39.0 Å². The first-order valence-electron chi connectivity index (χ1n) is 20.1. The summed E-state index contributed by atoms with van der Waals surface area (Å²) in [5.41, 5.74) is 11.8. The molecule has 0 unspecified atom stereocenters. The number of ether oxygens (including phenoxy) is 1. The van der Waals surface area contributed by atoms with Crippen LogP contribution in [0.25, 0.3) is 11.1 Å². The van der Waals surface area contributed by atoms with Gasteiger partial charge in [0.15, 0.2) is 29.0 Å². The van der Waals surface area contributed by atoms with Gasteiger partial charge in [-0.25, -0.2) is 23.1 Å². The number of amides is 3. The van der Waals surface area contributed by atoms with Gasteiger partial charge in [-0.05, 0) is 66.7 Å². The van der Waals surface area contributed by atoms with Crippen molar-refractivity contribution in [1.29, 1.82) is 5.53 Å². The lowest BCUT2D eigenvalue weighted by atomic mass is 9.45. The van der Waals surface area contributed by atoms with E-state index in [2.05, 4.69) is 36.5 Å². The number of anilines is 1. The molecule has 61 heavy (non-hydrogen) atoms. The van der Waals surface area contributed by atoms with E-state index in [1.807, 2.05) is 0 Å². The van der Waals surface area contributed by atoms with E-state index in [4.69, 9.17) is 20.8 Å². The standard InChI is InChI=1S/C43H53F4N7O7/c1-19-28-14-24(43(28,3)4)15-29(19)50-42(59)38-32(20(2)56)31(18-55)61-54(38)17-21-9-8-10-26(39(21)60-7)22-11-23(13-25(12-22)53(5)6)41(58)51-30(40(48)57)16-27-33(44)35(46)37(52-49)36(47)34(27)45/h8-13,19-20,24,28-32,38,49,55-56H,14-18H2,1-7H3,(H2,48,57)(H,50,59)(H,51,58)/t19-,20-,24+,28-,29-,30-,31-,32+,38-/m0/s1. The number of nitrogens with zero attached hydrogens (tertiary/aromatic N) is 3. The van der Waals surface area contributed by atoms with E-state index in [9.17, 15) is 42.2 Å². The molecule has 4 fully saturated rings. The van der Waals surface area contributed by atoms with Crippen molar-refractivity contribution in [2.45, 2.75) is 83.8 Å². The molecule has 330 valence electrons. The highest BCUT2D eigenvalue weighted by molar-refractivity contribution is 5.99. The second-order valence-corrected chi connectivity index (χ2v) is 17.2. The van der Waals surface area contributed by atoms with Crippen molar-refractivity contribution in [2.24, 2.45) is 39.9 Å². The first-order chi connectivity index (χ1) is 28.7. The van der Waals surface area contributed by atoms with Gasteiger partial charge < -0.3 is 36.2 Å². The van der Waals surface area contributed by atoms with Crippen LogP contribution < -0.4 is 26.0 Å². The van der Waals surface area contributed by atoms with Crippen molar-refractivity contribution >= 4 is 29.1 Å². The van der Waals surface area contributed by atoms with Crippen LogP contribution in [0.1, 0.15) is 62.0 Å². The average molecular weight is 856 g/mol. The number of primary amides is 1. The largest absolute Gasteiger partial charge is 0.496 e. The Bertz CT molecular complexity index is 2180. The number of rotatable bonds is 15. The summed E-state index contributed by atoms with van der Waals surface area (Å²) >= 11 is 0. The van der Waals surface area contributed by atoms with E-state index >= 15 is 0 Å². The molecule has 7 rings (SSSR count). The molecule has 18 heteroatoms. The second kappa shape index (κ2) is 17.7. The van der Waals surface area contributed by atoms with Crippen LogP contribution in [0.5, 0.6) is 5.75 Å². The van der Waals surface area contributed by atoms with Gasteiger partial charge in [-0.2, -0.15) is 10.2 Å². The number of nitrogens with two attached hydrogens (primary N) is 1. The fourth-order valence-corrected chi connectivity index (χ4v) is 9.60. The molecule has 3 aromatic carbocycles. The van der Waals surface area contributed by atoms with E-state index in [1.165, 1.54) is 24.3 Å². The Morgan fingerprint density at radius 3 is 2.31 bits per heavy atom. The van der Waals surface area contributed by atoms with Crippen LogP contribution >= 0.6 is 0 Å². The number of benzene rings is 3. The van der Waals surface area contributed by atoms with E-state index in [-0.39, 0.29) is 35.4 Å². The van der Waals surface area contributed by atoms with Crippen molar-refractivity contribution in [3.05, 3.63) is 76.4 Å². The number of fused-ring (bicyclic) bond motifs is 2. The molecule has 1 aliphatic heterocycles. The Morgan fingerprint density at radius 2 is 1.77 bits per heavy atom. The van der Waals surface area contributed by atoms with E-state index in [0.29, 0.717) is 40.0 Å². The van der Waals surface area contributed by atoms with Gasteiger partial charge in [0, 0.05) is 60.4 Å². The van der Waals surface area contributed by atoms with E-state index in [1.54, 1.807) is 50.2 Å². The number of hydrogen-bond donors (Lipinski definition) is 6. The van der Waals surface area contributed by atoms with Crippen LogP contribution in [0.4, 0.5) is 28.9 Å². The normalized spacial score (nSPS) is 25.2. The third-order valence-corrected chi connectivity index (χ3v) is 13.2. The minimum atomic E-state index is -1.95. The number of nitrogens with one attached hydrogen (secondary N) is 3. The number of aliphatic hydroxyl groups is 2. The van der Waals surface area contributed by atoms with Gasteiger partial charge in [0.25, 0.3) is 5.91 Å². The van der Waals surface area contributed by atoms with Crippen molar-refractivity contribution in [1.82, 2.24) is 15.7 Å². The lowest BCUT2D eigenvalue weighted by Gasteiger charge is -2.62. The van der Waals surface area contributed by atoms with Crippen molar-refractivity contribution in [3.63, 3.8) is 0 Å². The van der Waals surface area contributed by atoms with Crippen molar-refractivity contribution in [3.8, 4) is 16.9 Å². The molecule has 3 saturated carbocycles. The quantitative estimate of drug-likeness (QED) is 0.0681. The molecule has 7 N–H and O–H groups in total. The van der Waals surface area contributed by atoms with Crippen LogP contribution in [0.3, 0.4) is 0 Å². The first-order valence-corrected chi connectivity index (χ1v) is 20.1. The monoisotopic (exact) mass is 855 g/mol. The van der Waals surface area contributed by atoms with Crippen LogP contribution in [-0.4, -0.2) is 91.1 Å². The lowest BCUT2D eigenvalue weighted by Crippen LogP contribution is -2.62. The Morgan fingerprint density at radius 1 is 1.10 bits per heavy atom. The zero-order chi connectivity index (χ0) is 44.8. The molecule has 14 nitrogen and oxygen atoms in total. The number of hydrogen-bond acceptors (Lipinski definition) is 11. The zero-order valence-electron chi connectivity index (χ0n) is 35.1. The van der Waals surface area contributed by atoms with Gasteiger partial charge in [-0.15, -0.1) is 0 Å². The van der Waals surface area contributed by atoms with Crippen LogP contribution in [0.15, 0.2) is 41.5 Å². The summed E-state index contributed by atoms with van der Waals surface area (Å²) in [6, 6.07) is 7.05. The summed E-state index contributed by atoms with van der Waals surface area (Å²) in [6.45, 7) is 7.81. The fraction of sp³-hybridized carbons (Fsp3) is 0.512. The fourth-order valence-electron chi connectivity index (χ4n) is 9.60. The Kier molecular flexibility index (Phi) is 13.1. The van der Waals surface area contributed by atoms with Crippen molar-refractivity contribution in [2.75, 3.05) is 32.7 Å². The van der Waals surface area contributed by atoms with Crippen LogP contribution in [0, 0.1) is 57.9 Å². The SMILES string of the molecule is COc1c(CN2O[C@@H](CO)[C@@H]([C@H](C)O)[C@H]2C(=O)N[C@H]2C[C@H]3C[C@@H]([C@@H]2C)C3(C)C)cccc1-c1cc(C(=O)N[C@@H](Cc2c(F)c(F)c(N=N)c(F)c2F)C(N)=O)cc(N(C)C)c1. The number of para-hydroxylation sites is 1. The third-order valence-electron chi connectivity index (χ3n) is 13.2. The topological polar surface area (TPSA) is 203 Å². The summed E-state index contributed by atoms with van der Waals surface area (Å²) in [7, 11) is 4.87. The summed E-state index contributed by atoms with van der Waals surface area (Å²) in [5.74, 6) is -9.41. The van der Waals surface area contributed by atoms with Crippen LogP contribution in [-0.2, 0) is 27.4 Å². The minimum absolute atomic E-state index is 0.0144. The van der Waals surface area contributed by atoms with E-state index in [0.717, 1.165) is 12.8 Å². The average Bonchev–Trinajstić information content (AvgIpc) is 3.60. The van der Waals surface area contributed by atoms with Gasteiger partial charge >= 0.3 is 0 Å². The molecular weight excluding hydrogens is 803 g/mol. The summed E-state index contributed by atoms with van der Waals surface area (Å²) < 4.78 is 64.4. The maximum atomic E-state index is 14.8. The number of aliphatic hydroxyl groups excluding tert-OH is 2. The minimum Gasteiger partial charge on any atom is -0.496 e. The van der Waals surface area contributed by atoms with Gasteiger partial charge in [0.05, 0.1) is 26.4 Å². The Labute approximate surface area is 351 Å². The molecule has 9 atom stereocenters. The molecule has 0 radical (unpaired) electrons.